The zero-order valence-corrected chi connectivity index (χ0v) is 14.7. The van der Waals surface area contributed by atoms with Gasteiger partial charge in [-0.1, -0.05) is 18.5 Å². The third kappa shape index (κ3) is 4.68. The minimum Gasteiger partial charge on any atom is -0.369 e. The lowest BCUT2D eigenvalue weighted by Gasteiger charge is -2.38. The Bertz CT molecular complexity index is 447. The molecule has 0 amide bonds. The van der Waals surface area contributed by atoms with Crippen LogP contribution >= 0.6 is 11.6 Å². The fourth-order valence-corrected chi connectivity index (χ4v) is 2.14. The Hall–Kier alpha value is -0.730. The van der Waals surface area contributed by atoms with Gasteiger partial charge in [-0.3, -0.25) is 0 Å². The molecule has 0 aliphatic carbocycles. The number of hydrogen-bond acceptors (Lipinski definition) is 2. The van der Waals surface area contributed by atoms with Crippen molar-refractivity contribution in [3.8, 4) is 0 Å². The standard InChI is InChI=1S/C17H29ClN2/c1-8-17(5,6)20(7)15-10-9-14(18)11-13(15)12-19-16(2,3)4/h9-11,19H,8,12H2,1-7H3. The van der Waals surface area contributed by atoms with E-state index in [4.69, 9.17) is 11.6 Å². The van der Waals surface area contributed by atoms with Crippen LogP contribution in [-0.2, 0) is 6.54 Å². The second kappa shape index (κ2) is 6.36. The maximum absolute atomic E-state index is 6.17. The molecule has 0 fully saturated rings. The number of benzene rings is 1. The smallest absolute Gasteiger partial charge is 0.0414 e. The number of hydrogen-bond donors (Lipinski definition) is 1. The molecule has 0 saturated carbocycles. The molecule has 0 bridgehead atoms. The van der Waals surface area contributed by atoms with Gasteiger partial charge < -0.3 is 10.2 Å². The summed E-state index contributed by atoms with van der Waals surface area (Å²) in [6, 6.07) is 6.16. The van der Waals surface area contributed by atoms with Crippen LogP contribution in [0.2, 0.25) is 5.02 Å². The van der Waals surface area contributed by atoms with Crippen LogP contribution in [0.5, 0.6) is 0 Å². The van der Waals surface area contributed by atoms with Crippen molar-refractivity contribution in [1.82, 2.24) is 5.32 Å². The molecule has 2 nitrogen and oxygen atoms in total. The molecule has 0 saturated heterocycles. The summed E-state index contributed by atoms with van der Waals surface area (Å²) in [5, 5.41) is 4.34. The van der Waals surface area contributed by atoms with E-state index >= 15 is 0 Å². The van der Waals surface area contributed by atoms with E-state index in [1.807, 2.05) is 6.07 Å². The number of anilines is 1. The molecular weight excluding hydrogens is 268 g/mol. The molecular formula is C17H29ClN2. The van der Waals surface area contributed by atoms with Crippen LogP contribution in [0.1, 0.15) is 53.5 Å². The molecule has 0 radical (unpaired) electrons. The summed E-state index contributed by atoms with van der Waals surface area (Å²) in [6.07, 6.45) is 1.10. The summed E-state index contributed by atoms with van der Waals surface area (Å²) in [6.45, 7) is 14.1. The second-order valence-electron chi connectivity index (χ2n) is 7.10. The molecule has 1 aromatic rings. The molecule has 0 unspecified atom stereocenters. The van der Waals surface area contributed by atoms with Crippen molar-refractivity contribution >= 4 is 17.3 Å². The number of halogens is 1. The van der Waals surface area contributed by atoms with Crippen molar-refractivity contribution < 1.29 is 0 Å². The van der Waals surface area contributed by atoms with Crippen molar-refractivity contribution in [2.45, 2.75) is 65.6 Å². The second-order valence-corrected chi connectivity index (χ2v) is 7.54. The van der Waals surface area contributed by atoms with Gasteiger partial charge in [0.05, 0.1) is 0 Å². The van der Waals surface area contributed by atoms with E-state index in [0.717, 1.165) is 18.0 Å². The van der Waals surface area contributed by atoms with Crippen LogP contribution in [0, 0.1) is 0 Å². The molecule has 0 aliphatic rings. The minimum atomic E-state index is 0.0957. The van der Waals surface area contributed by atoms with Crippen molar-refractivity contribution in [3.63, 3.8) is 0 Å². The third-order valence-corrected chi connectivity index (χ3v) is 4.22. The predicted octanol–water partition coefficient (Wildman–Crippen LogP) is 4.85. The summed E-state index contributed by atoms with van der Waals surface area (Å²) in [5.74, 6) is 0. The van der Waals surface area contributed by atoms with Crippen LogP contribution in [-0.4, -0.2) is 18.1 Å². The van der Waals surface area contributed by atoms with Gasteiger partial charge in [-0.2, -0.15) is 0 Å². The number of nitrogens with zero attached hydrogens (tertiary/aromatic N) is 1. The Morgan fingerprint density at radius 2 is 1.75 bits per heavy atom. The van der Waals surface area contributed by atoms with Crippen LogP contribution in [0.4, 0.5) is 5.69 Å². The Balaban J connectivity index is 3.07. The van der Waals surface area contributed by atoms with Gasteiger partial charge in [0.1, 0.15) is 0 Å². The van der Waals surface area contributed by atoms with Gasteiger partial charge >= 0.3 is 0 Å². The van der Waals surface area contributed by atoms with E-state index in [0.29, 0.717) is 0 Å². The zero-order valence-electron chi connectivity index (χ0n) is 14.0. The molecule has 0 heterocycles. The summed E-state index contributed by atoms with van der Waals surface area (Å²) in [4.78, 5) is 2.35. The Morgan fingerprint density at radius 3 is 2.25 bits per heavy atom. The minimum absolute atomic E-state index is 0.0957. The van der Waals surface area contributed by atoms with Gasteiger partial charge in [0.25, 0.3) is 0 Å². The fourth-order valence-electron chi connectivity index (χ4n) is 1.95. The van der Waals surface area contributed by atoms with Crippen LogP contribution in [0.25, 0.3) is 0 Å². The van der Waals surface area contributed by atoms with E-state index in [1.54, 1.807) is 0 Å². The highest BCUT2D eigenvalue weighted by Crippen LogP contribution is 2.30. The third-order valence-electron chi connectivity index (χ3n) is 3.99. The van der Waals surface area contributed by atoms with Gasteiger partial charge in [-0.15, -0.1) is 0 Å². The molecule has 0 aromatic heterocycles. The Labute approximate surface area is 129 Å². The van der Waals surface area contributed by atoms with Crippen LogP contribution in [0.3, 0.4) is 0 Å². The van der Waals surface area contributed by atoms with Gasteiger partial charge in [-0.25, -0.2) is 0 Å². The van der Waals surface area contributed by atoms with Crippen molar-refractivity contribution in [2.75, 3.05) is 11.9 Å². The van der Waals surface area contributed by atoms with E-state index in [9.17, 15) is 0 Å². The van der Waals surface area contributed by atoms with Gasteiger partial charge in [-0.05, 0) is 64.8 Å². The molecule has 0 atom stereocenters. The SMILES string of the molecule is CCC(C)(C)N(C)c1ccc(Cl)cc1CNC(C)(C)C. The molecule has 3 heteroatoms. The summed E-state index contributed by atoms with van der Waals surface area (Å²) in [5.41, 5.74) is 2.72. The molecule has 0 aliphatic heterocycles. The Kier molecular flexibility index (Phi) is 5.51. The molecule has 1 N–H and O–H groups in total. The molecule has 1 aromatic carbocycles. The highest BCUT2D eigenvalue weighted by atomic mass is 35.5. The number of rotatable bonds is 5. The average molecular weight is 297 g/mol. The molecule has 1 rings (SSSR count). The molecule has 20 heavy (non-hydrogen) atoms. The topological polar surface area (TPSA) is 15.3 Å². The Morgan fingerprint density at radius 1 is 1.15 bits per heavy atom. The van der Waals surface area contributed by atoms with Gasteiger partial charge in [0.2, 0.25) is 0 Å². The largest absolute Gasteiger partial charge is 0.369 e. The summed E-state index contributed by atoms with van der Waals surface area (Å²) >= 11 is 6.17. The molecule has 114 valence electrons. The first-order valence-corrected chi connectivity index (χ1v) is 7.72. The number of nitrogens with one attached hydrogen (secondary N) is 1. The fraction of sp³-hybridized carbons (Fsp3) is 0.647. The normalized spacial score (nSPS) is 12.6. The zero-order chi connectivity index (χ0) is 15.6. The quantitative estimate of drug-likeness (QED) is 0.835. The average Bonchev–Trinajstić information content (AvgIpc) is 2.35. The van der Waals surface area contributed by atoms with E-state index < -0.39 is 0 Å². The maximum atomic E-state index is 6.17. The maximum Gasteiger partial charge on any atom is 0.0414 e. The highest BCUT2D eigenvalue weighted by molar-refractivity contribution is 6.30. The predicted molar refractivity (Wildman–Crippen MR) is 90.8 cm³/mol. The lowest BCUT2D eigenvalue weighted by atomic mass is 9.97. The first kappa shape index (κ1) is 17.3. The van der Waals surface area contributed by atoms with E-state index in [-0.39, 0.29) is 11.1 Å². The van der Waals surface area contributed by atoms with Gasteiger partial charge in [0.15, 0.2) is 0 Å². The van der Waals surface area contributed by atoms with E-state index in [1.165, 1.54) is 11.3 Å². The van der Waals surface area contributed by atoms with Crippen molar-refractivity contribution in [3.05, 3.63) is 28.8 Å². The van der Waals surface area contributed by atoms with Crippen LogP contribution in [0.15, 0.2) is 18.2 Å². The van der Waals surface area contributed by atoms with Crippen LogP contribution < -0.4 is 10.2 Å². The monoisotopic (exact) mass is 296 g/mol. The summed E-state index contributed by atoms with van der Waals surface area (Å²) in [7, 11) is 2.16. The van der Waals surface area contributed by atoms with Crippen molar-refractivity contribution in [2.24, 2.45) is 0 Å². The summed E-state index contributed by atoms with van der Waals surface area (Å²) < 4.78 is 0. The van der Waals surface area contributed by atoms with Crippen molar-refractivity contribution in [1.29, 1.82) is 0 Å². The lowest BCUT2D eigenvalue weighted by molar-refractivity contribution is 0.422. The first-order valence-electron chi connectivity index (χ1n) is 7.34. The lowest BCUT2D eigenvalue weighted by Crippen LogP contribution is -2.42. The van der Waals surface area contributed by atoms with E-state index in [2.05, 4.69) is 70.9 Å². The first-order chi connectivity index (χ1) is 9.07. The van der Waals surface area contributed by atoms with Gasteiger partial charge in [0, 0.05) is 35.4 Å². The highest BCUT2D eigenvalue weighted by Gasteiger charge is 2.23. The molecule has 0 spiro atoms.